The first kappa shape index (κ1) is 18.0. The third-order valence-electron chi connectivity index (χ3n) is 5.18. The van der Waals surface area contributed by atoms with Gasteiger partial charge in [0.1, 0.15) is 6.33 Å². The van der Waals surface area contributed by atoms with Gasteiger partial charge in [-0.2, -0.15) is 10.1 Å². The van der Waals surface area contributed by atoms with Crippen molar-refractivity contribution < 1.29 is 4.79 Å². The summed E-state index contributed by atoms with van der Waals surface area (Å²) in [7, 11) is 0. The number of fused-ring (bicyclic) bond motifs is 2. The highest BCUT2D eigenvalue weighted by Crippen LogP contribution is 2.28. The van der Waals surface area contributed by atoms with Crippen LogP contribution in [0.4, 0.5) is 5.13 Å². The minimum atomic E-state index is -0.00536. The smallest absolute Gasteiger partial charge is 0.252 e. The number of rotatable bonds is 4. The maximum atomic E-state index is 12.5. The zero-order valence-electron chi connectivity index (χ0n) is 15.8. The Hall–Kier alpha value is -2.35. The topological polar surface area (TPSA) is 85.1 Å². The van der Waals surface area contributed by atoms with Crippen molar-refractivity contribution in [1.29, 1.82) is 0 Å². The van der Waals surface area contributed by atoms with E-state index >= 15 is 0 Å². The minimum absolute atomic E-state index is 0.00536. The number of amides is 1. The van der Waals surface area contributed by atoms with Crippen LogP contribution in [-0.2, 0) is 24.1 Å². The molecule has 0 saturated heterocycles. The van der Waals surface area contributed by atoms with Gasteiger partial charge in [-0.3, -0.25) is 4.79 Å². The lowest BCUT2D eigenvalue weighted by atomic mass is 10.0. The van der Waals surface area contributed by atoms with Gasteiger partial charge in [0.2, 0.25) is 5.91 Å². The highest BCUT2D eigenvalue weighted by atomic mass is 32.1. The Morgan fingerprint density at radius 1 is 1.19 bits per heavy atom. The molecule has 0 aromatic carbocycles. The largest absolute Gasteiger partial charge is 0.302 e. The number of carbonyl (C=O) groups excluding carboxylic acids is 1. The molecule has 142 valence electrons. The molecule has 0 aliphatic heterocycles. The van der Waals surface area contributed by atoms with Gasteiger partial charge in [-0.1, -0.05) is 12.8 Å². The van der Waals surface area contributed by atoms with Crippen molar-refractivity contribution in [3.8, 4) is 0 Å². The summed E-state index contributed by atoms with van der Waals surface area (Å²) in [5.41, 5.74) is 4.12. The van der Waals surface area contributed by atoms with Crippen LogP contribution in [0.2, 0.25) is 0 Å². The van der Waals surface area contributed by atoms with E-state index in [0.717, 1.165) is 34.9 Å². The Morgan fingerprint density at radius 3 is 2.85 bits per heavy atom. The predicted octanol–water partition coefficient (Wildman–Crippen LogP) is 3.43. The van der Waals surface area contributed by atoms with Crippen LogP contribution in [0.3, 0.4) is 0 Å². The molecule has 0 fully saturated rings. The Labute approximate surface area is 162 Å². The first-order valence-corrected chi connectivity index (χ1v) is 10.4. The number of nitrogens with zero attached hydrogens (tertiary/aromatic N) is 5. The Morgan fingerprint density at radius 2 is 2.00 bits per heavy atom. The van der Waals surface area contributed by atoms with Crippen LogP contribution in [0.1, 0.15) is 59.6 Å². The van der Waals surface area contributed by atoms with E-state index in [2.05, 4.69) is 25.4 Å². The van der Waals surface area contributed by atoms with Crippen molar-refractivity contribution >= 4 is 28.2 Å². The van der Waals surface area contributed by atoms with Gasteiger partial charge in [-0.15, -0.1) is 11.3 Å². The summed E-state index contributed by atoms with van der Waals surface area (Å²) < 4.78 is 1.72. The van der Waals surface area contributed by atoms with Crippen molar-refractivity contribution in [2.24, 2.45) is 0 Å². The highest BCUT2D eigenvalue weighted by molar-refractivity contribution is 7.15. The average Bonchev–Trinajstić information content (AvgIpc) is 3.22. The molecule has 1 N–H and O–H groups in total. The molecular weight excluding hydrogens is 360 g/mol. The number of aromatic nitrogens is 5. The number of nitrogens with one attached hydrogen (secondary N) is 1. The molecule has 0 saturated carbocycles. The van der Waals surface area contributed by atoms with Crippen molar-refractivity contribution in [2.75, 3.05) is 5.32 Å². The molecule has 1 aliphatic rings. The fourth-order valence-electron chi connectivity index (χ4n) is 3.70. The molecule has 0 spiro atoms. The van der Waals surface area contributed by atoms with E-state index in [1.165, 1.54) is 42.6 Å². The lowest BCUT2D eigenvalue weighted by molar-refractivity contribution is -0.116. The lowest BCUT2D eigenvalue weighted by Gasteiger charge is -2.10. The van der Waals surface area contributed by atoms with E-state index in [-0.39, 0.29) is 5.91 Å². The zero-order valence-corrected chi connectivity index (χ0v) is 16.6. The van der Waals surface area contributed by atoms with E-state index in [1.54, 1.807) is 15.9 Å². The monoisotopic (exact) mass is 384 g/mol. The van der Waals surface area contributed by atoms with Crippen LogP contribution in [0.25, 0.3) is 5.78 Å². The highest BCUT2D eigenvalue weighted by Gasteiger charge is 2.16. The number of hydrogen-bond donors (Lipinski definition) is 1. The Kier molecular flexibility index (Phi) is 5.15. The van der Waals surface area contributed by atoms with Crippen LogP contribution < -0.4 is 5.32 Å². The summed E-state index contributed by atoms with van der Waals surface area (Å²) in [6.45, 7) is 3.94. The Bertz CT molecular complexity index is 951. The second-order valence-corrected chi connectivity index (χ2v) is 8.17. The van der Waals surface area contributed by atoms with Crippen molar-refractivity contribution in [3.05, 3.63) is 33.8 Å². The molecule has 7 nitrogen and oxygen atoms in total. The van der Waals surface area contributed by atoms with Crippen LogP contribution in [0.15, 0.2) is 6.33 Å². The molecule has 3 heterocycles. The van der Waals surface area contributed by atoms with Crippen LogP contribution in [-0.4, -0.2) is 30.5 Å². The van der Waals surface area contributed by atoms with Crippen molar-refractivity contribution in [2.45, 2.75) is 65.2 Å². The van der Waals surface area contributed by atoms with Crippen LogP contribution >= 0.6 is 11.3 Å². The number of carbonyl (C=O) groups is 1. The van der Waals surface area contributed by atoms with Gasteiger partial charge in [-0.25, -0.2) is 14.5 Å². The third-order valence-corrected chi connectivity index (χ3v) is 6.26. The number of anilines is 1. The fourth-order valence-corrected chi connectivity index (χ4v) is 4.76. The number of thiazole rings is 1. The standard InChI is InChI=1S/C19H24N6OS/c1-12-14(13(2)25-18(22-12)20-11-21-25)9-10-17(26)24-19-23-15-7-5-3-4-6-8-16(15)27-19/h11H,3-10H2,1-2H3,(H,23,24,26). The van der Waals surface area contributed by atoms with E-state index in [4.69, 9.17) is 0 Å². The van der Waals surface area contributed by atoms with Gasteiger partial charge in [0, 0.05) is 22.7 Å². The normalized spacial score (nSPS) is 14.6. The molecule has 27 heavy (non-hydrogen) atoms. The van der Waals surface area contributed by atoms with Crippen molar-refractivity contribution in [1.82, 2.24) is 24.6 Å². The first-order chi connectivity index (χ1) is 13.1. The van der Waals surface area contributed by atoms with Crippen LogP contribution in [0, 0.1) is 13.8 Å². The molecule has 8 heteroatoms. The van der Waals surface area contributed by atoms with Gasteiger partial charge in [0.05, 0.1) is 5.69 Å². The van der Waals surface area contributed by atoms with Gasteiger partial charge < -0.3 is 5.32 Å². The zero-order chi connectivity index (χ0) is 18.8. The van der Waals surface area contributed by atoms with Crippen molar-refractivity contribution in [3.63, 3.8) is 0 Å². The average molecular weight is 385 g/mol. The SMILES string of the molecule is Cc1nc2ncnn2c(C)c1CCC(=O)Nc1nc2c(s1)CCCCCC2. The van der Waals surface area contributed by atoms with E-state index in [0.29, 0.717) is 18.6 Å². The van der Waals surface area contributed by atoms with E-state index in [1.807, 2.05) is 13.8 Å². The van der Waals surface area contributed by atoms with Gasteiger partial charge in [0.15, 0.2) is 5.13 Å². The van der Waals surface area contributed by atoms with Gasteiger partial charge in [0.25, 0.3) is 5.78 Å². The molecule has 0 atom stereocenters. The van der Waals surface area contributed by atoms with Gasteiger partial charge >= 0.3 is 0 Å². The number of aryl methyl sites for hydroxylation is 4. The molecule has 1 aliphatic carbocycles. The fraction of sp³-hybridized carbons (Fsp3) is 0.526. The maximum absolute atomic E-state index is 12.5. The summed E-state index contributed by atoms with van der Waals surface area (Å²) in [6, 6.07) is 0. The quantitative estimate of drug-likeness (QED) is 0.745. The third kappa shape index (κ3) is 3.85. The minimum Gasteiger partial charge on any atom is -0.302 e. The molecule has 0 unspecified atom stereocenters. The van der Waals surface area contributed by atoms with E-state index in [9.17, 15) is 4.79 Å². The van der Waals surface area contributed by atoms with Crippen LogP contribution in [0.5, 0.6) is 0 Å². The molecule has 3 aromatic heterocycles. The lowest BCUT2D eigenvalue weighted by Crippen LogP contribution is -2.14. The first-order valence-electron chi connectivity index (χ1n) is 9.56. The summed E-state index contributed by atoms with van der Waals surface area (Å²) in [6.07, 6.45) is 9.63. The van der Waals surface area contributed by atoms with E-state index < -0.39 is 0 Å². The molecule has 4 rings (SSSR count). The molecule has 1 amide bonds. The second-order valence-electron chi connectivity index (χ2n) is 7.08. The Balaban J connectivity index is 1.42. The molecule has 0 bridgehead atoms. The summed E-state index contributed by atoms with van der Waals surface area (Å²) in [4.78, 5) is 27.1. The maximum Gasteiger partial charge on any atom is 0.252 e. The number of hydrogen-bond acceptors (Lipinski definition) is 6. The summed E-state index contributed by atoms with van der Waals surface area (Å²) in [5.74, 6) is 0.590. The predicted molar refractivity (Wildman–Crippen MR) is 105 cm³/mol. The molecular formula is C19H24N6OS. The summed E-state index contributed by atoms with van der Waals surface area (Å²) in [5, 5.41) is 7.94. The summed E-state index contributed by atoms with van der Waals surface area (Å²) >= 11 is 1.64. The molecule has 0 radical (unpaired) electrons. The molecule has 3 aromatic rings. The van der Waals surface area contributed by atoms with Gasteiger partial charge in [-0.05, 0) is 51.5 Å². The second kappa shape index (κ2) is 7.72.